The Morgan fingerprint density at radius 2 is 1.84 bits per heavy atom. The summed E-state index contributed by atoms with van der Waals surface area (Å²) in [5, 5.41) is 5.88. The van der Waals surface area contributed by atoms with E-state index in [4.69, 9.17) is 21.1 Å². The Labute approximate surface area is 151 Å². The lowest BCUT2D eigenvalue weighted by molar-refractivity contribution is -0.116. The van der Waals surface area contributed by atoms with Gasteiger partial charge in [0.05, 0.1) is 25.8 Å². The topological polar surface area (TPSA) is 76.7 Å². The van der Waals surface area contributed by atoms with E-state index in [2.05, 4.69) is 10.6 Å². The van der Waals surface area contributed by atoms with Gasteiger partial charge >= 0.3 is 0 Å². The Morgan fingerprint density at radius 3 is 2.48 bits per heavy atom. The first kappa shape index (κ1) is 18.6. The van der Waals surface area contributed by atoms with Crippen molar-refractivity contribution in [3.05, 3.63) is 53.1 Å². The van der Waals surface area contributed by atoms with Crippen LogP contribution in [0.3, 0.4) is 0 Å². The van der Waals surface area contributed by atoms with Gasteiger partial charge in [-0.25, -0.2) is 0 Å². The highest BCUT2D eigenvalue weighted by Gasteiger charge is 2.12. The molecule has 25 heavy (non-hydrogen) atoms. The molecule has 7 heteroatoms. The molecule has 2 aromatic carbocycles. The maximum Gasteiger partial charge on any atom is 0.251 e. The number of halogens is 1. The van der Waals surface area contributed by atoms with Gasteiger partial charge in [0.15, 0.2) is 0 Å². The van der Waals surface area contributed by atoms with E-state index in [1.807, 2.05) is 0 Å². The molecule has 2 N–H and O–H groups in total. The van der Waals surface area contributed by atoms with Gasteiger partial charge in [0.2, 0.25) is 5.91 Å². The summed E-state index contributed by atoms with van der Waals surface area (Å²) in [6, 6.07) is 11.7. The van der Waals surface area contributed by atoms with Crippen LogP contribution in [0.4, 0.5) is 5.69 Å². The number of ether oxygens (including phenoxy) is 2. The number of hydrogen-bond donors (Lipinski definition) is 2. The average molecular weight is 363 g/mol. The van der Waals surface area contributed by atoms with E-state index in [0.29, 0.717) is 27.8 Å². The van der Waals surface area contributed by atoms with E-state index >= 15 is 0 Å². The molecule has 2 rings (SSSR count). The van der Waals surface area contributed by atoms with E-state index in [0.717, 1.165) is 0 Å². The smallest absolute Gasteiger partial charge is 0.251 e. The minimum Gasteiger partial charge on any atom is -0.495 e. The largest absolute Gasteiger partial charge is 0.495 e. The van der Waals surface area contributed by atoms with Crippen molar-refractivity contribution >= 4 is 29.1 Å². The minimum absolute atomic E-state index is 0.149. The summed E-state index contributed by atoms with van der Waals surface area (Å²) in [6.45, 7) is 0.213. The highest BCUT2D eigenvalue weighted by Crippen LogP contribution is 2.25. The highest BCUT2D eigenvalue weighted by molar-refractivity contribution is 6.30. The second-order valence-electron chi connectivity index (χ2n) is 5.09. The van der Waals surface area contributed by atoms with Gasteiger partial charge in [0, 0.05) is 17.6 Å². The molecular weight excluding hydrogens is 344 g/mol. The molecule has 6 nitrogen and oxygen atoms in total. The van der Waals surface area contributed by atoms with Crippen LogP contribution in [0.2, 0.25) is 5.02 Å². The lowest BCUT2D eigenvalue weighted by atomic mass is 10.1. The third-order valence-electron chi connectivity index (χ3n) is 3.37. The Bertz CT molecular complexity index is 747. The van der Waals surface area contributed by atoms with Crippen LogP contribution in [0.5, 0.6) is 11.5 Å². The third kappa shape index (κ3) is 5.39. The summed E-state index contributed by atoms with van der Waals surface area (Å²) in [7, 11) is 3.03. The van der Waals surface area contributed by atoms with Gasteiger partial charge in [-0.15, -0.1) is 0 Å². The molecule has 0 unspecified atom stereocenters. The molecule has 0 aromatic heterocycles. The van der Waals surface area contributed by atoms with Gasteiger partial charge in [-0.2, -0.15) is 0 Å². The van der Waals surface area contributed by atoms with Gasteiger partial charge in [0.1, 0.15) is 11.5 Å². The maximum atomic E-state index is 12.1. The predicted octanol–water partition coefficient (Wildman–Crippen LogP) is 3.12. The zero-order chi connectivity index (χ0) is 18.2. The number of nitrogens with one attached hydrogen (secondary N) is 2. The fourth-order valence-corrected chi connectivity index (χ4v) is 2.22. The van der Waals surface area contributed by atoms with E-state index in [-0.39, 0.29) is 24.8 Å². The Hall–Kier alpha value is -2.73. The summed E-state index contributed by atoms with van der Waals surface area (Å²) in [4.78, 5) is 23.8. The molecule has 0 spiro atoms. The van der Waals surface area contributed by atoms with Crippen LogP contribution in [-0.2, 0) is 4.79 Å². The number of hydrogen-bond acceptors (Lipinski definition) is 4. The van der Waals surface area contributed by atoms with Crippen molar-refractivity contribution in [1.29, 1.82) is 0 Å². The molecule has 0 atom stereocenters. The van der Waals surface area contributed by atoms with Crippen molar-refractivity contribution in [3.63, 3.8) is 0 Å². The zero-order valence-corrected chi connectivity index (χ0v) is 14.7. The first-order chi connectivity index (χ1) is 12.0. The fourth-order valence-electron chi connectivity index (χ4n) is 2.10. The molecular formula is C18H19ClN2O4. The second-order valence-corrected chi connectivity index (χ2v) is 5.53. The predicted molar refractivity (Wildman–Crippen MR) is 96.6 cm³/mol. The van der Waals surface area contributed by atoms with Crippen LogP contribution in [0.25, 0.3) is 0 Å². The van der Waals surface area contributed by atoms with Crippen molar-refractivity contribution in [2.45, 2.75) is 6.42 Å². The SMILES string of the molecule is CNC(=O)c1ccc(OC)c(NC(=O)CCOc2ccc(Cl)cc2)c1. The fraction of sp³-hybridized carbons (Fsp3) is 0.222. The van der Waals surface area contributed by atoms with Gasteiger partial charge < -0.3 is 20.1 Å². The highest BCUT2D eigenvalue weighted by atomic mass is 35.5. The number of amides is 2. The standard InChI is InChI=1S/C18H19ClN2O4/c1-20-18(23)12-3-8-16(24-2)15(11-12)21-17(22)9-10-25-14-6-4-13(19)5-7-14/h3-8,11H,9-10H2,1-2H3,(H,20,23)(H,21,22). The molecule has 132 valence electrons. The van der Waals surface area contributed by atoms with Crippen LogP contribution in [0, 0.1) is 0 Å². The lowest BCUT2D eigenvalue weighted by Gasteiger charge is -2.12. The summed E-state index contributed by atoms with van der Waals surface area (Å²) >= 11 is 5.80. The van der Waals surface area contributed by atoms with Crippen LogP contribution < -0.4 is 20.1 Å². The Morgan fingerprint density at radius 1 is 1.12 bits per heavy atom. The molecule has 0 saturated heterocycles. The van der Waals surface area contributed by atoms with Crippen molar-refractivity contribution in [3.8, 4) is 11.5 Å². The number of methoxy groups -OCH3 is 1. The number of anilines is 1. The molecule has 2 amide bonds. The summed E-state index contributed by atoms with van der Waals surface area (Å²) < 4.78 is 10.7. The monoisotopic (exact) mass is 362 g/mol. The van der Waals surface area contributed by atoms with Gasteiger partial charge in [-0.3, -0.25) is 9.59 Å². The zero-order valence-electron chi connectivity index (χ0n) is 14.0. The average Bonchev–Trinajstić information content (AvgIpc) is 2.62. The van der Waals surface area contributed by atoms with E-state index in [1.165, 1.54) is 7.11 Å². The first-order valence-corrected chi connectivity index (χ1v) is 7.99. The molecule has 0 saturated carbocycles. The maximum absolute atomic E-state index is 12.1. The molecule has 0 fully saturated rings. The summed E-state index contributed by atoms with van der Waals surface area (Å²) in [5.74, 6) is 0.613. The first-order valence-electron chi connectivity index (χ1n) is 7.62. The molecule has 0 radical (unpaired) electrons. The van der Waals surface area contributed by atoms with E-state index < -0.39 is 0 Å². The van der Waals surface area contributed by atoms with Gasteiger partial charge in [0.25, 0.3) is 5.91 Å². The van der Waals surface area contributed by atoms with Crippen molar-refractivity contribution in [2.24, 2.45) is 0 Å². The van der Waals surface area contributed by atoms with Crippen molar-refractivity contribution in [2.75, 3.05) is 26.1 Å². The number of rotatable bonds is 7. The Kier molecular flexibility index (Phi) is 6.65. The van der Waals surface area contributed by atoms with Crippen LogP contribution >= 0.6 is 11.6 Å². The van der Waals surface area contributed by atoms with Gasteiger partial charge in [-0.1, -0.05) is 11.6 Å². The summed E-state index contributed by atoms with van der Waals surface area (Å²) in [5.41, 5.74) is 0.858. The molecule has 0 aliphatic heterocycles. The second kappa shape index (κ2) is 8.94. The molecule has 0 heterocycles. The van der Waals surface area contributed by atoms with Crippen LogP contribution in [-0.4, -0.2) is 32.6 Å². The van der Waals surface area contributed by atoms with E-state index in [1.54, 1.807) is 49.5 Å². The third-order valence-corrected chi connectivity index (χ3v) is 3.63. The molecule has 0 aliphatic carbocycles. The number of carbonyl (C=O) groups is 2. The van der Waals surface area contributed by atoms with Gasteiger partial charge in [-0.05, 0) is 42.5 Å². The molecule has 0 aliphatic rings. The van der Waals surface area contributed by atoms with Crippen molar-refractivity contribution in [1.82, 2.24) is 5.32 Å². The van der Waals surface area contributed by atoms with E-state index in [9.17, 15) is 9.59 Å². The van der Waals surface area contributed by atoms with Crippen LogP contribution in [0.1, 0.15) is 16.8 Å². The van der Waals surface area contributed by atoms with Crippen molar-refractivity contribution < 1.29 is 19.1 Å². The molecule has 2 aromatic rings. The minimum atomic E-state index is -0.249. The summed E-state index contributed by atoms with van der Waals surface area (Å²) in [6.07, 6.45) is 0.149. The quantitative estimate of drug-likeness (QED) is 0.793. The Balaban J connectivity index is 1.94. The lowest BCUT2D eigenvalue weighted by Crippen LogP contribution is -2.19. The number of carbonyl (C=O) groups excluding carboxylic acids is 2. The van der Waals surface area contributed by atoms with Crippen LogP contribution in [0.15, 0.2) is 42.5 Å². The molecule has 0 bridgehead atoms. The normalized spacial score (nSPS) is 10.0. The number of benzene rings is 2.